The van der Waals surface area contributed by atoms with Crippen LogP contribution in [0.2, 0.25) is 0 Å². The number of carbonyl (C=O) groups is 1. The van der Waals surface area contributed by atoms with E-state index in [4.69, 9.17) is 4.74 Å². The summed E-state index contributed by atoms with van der Waals surface area (Å²) in [5.74, 6) is 0.731. The second kappa shape index (κ2) is 7.97. The van der Waals surface area contributed by atoms with Gasteiger partial charge in [0.15, 0.2) is 0 Å². The van der Waals surface area contributed by atoms with Gasteiger partial charge in [0.1, 0.15) is 5.75 Å². The van der Waals surface area contributed by atoms with Crippen LogP contribution in [0.3, 0.4) is 0 Å². The topological polar surface area (TPSA) is 45.7 Å². The average molecular weight is 404 g/mol. The number of methoxy groups -OCH3 is 1. The van der Waals surface area contributed by atoms with Gasteiger partial charge in [0.2, 0.25) is 0 Å². The Morgan fingerprint density at radius 2 is 2.00 bits per heavy atom. The normalized spacial score (nSPS) is 16.5. The number of benzene rings is 1. The van der Waals surface area contributed by atoms with E-state index in [1.54, 1.807) is 19.4 Å². The summed E-state index contributed by atoms with van der Waals surface area (Å²) < 4.78 is 6.03. The van der Waals surface area contributed by atoms with E-state index >= 15 is 0 Å². The molecule has 5 nitrogen and oxygen atoms in total. The lowest BCUT2D eigenvalue weighted by Crippen LogP contribution is -2.49. The van der Waals surface area contributed by atoms with Crippen molar-refractivity contribution in [2.75, 3.05) is 33.3 Å². The monoisotopic (exact) mass is 403 g/mol. The van der Waals surface area contributed by atoms with Gasteiger partial charge in [-0.05, 0) is 52.7 Å². The van der Waals surface area contributed by atoms with Gasteiger partial charge < -0.3 is 9.64 Å². The number of pyridine rings is 1. The van der Waals surface area contributed by atoms with Crippen molar-refractivity contribution in [2.24, 2.45) is 0 Å². The minimum atomic E-state index is 0.0412. The molecule has 0 bridgehead atoms. The number of nitrogens with zero attached hydrogens (tertiary/aromatic N) is 3. The highest BCUT2D eigenvalue weighted by Crippen LogP contribution is 2.25. The van der Waals surface area contributed by atoms with E-state index in [2.05, 4.69) is 38.8 Å². The molecule has 132 valence electrons. The van der Waals surface area contributed by atoms with Crippen LogP contribution in [0.4, 0.5) is 0 Å². The Labute approximate surface area is 156 Å². The molecule has 1 aromatic carbocycles. The summed E-state index contributed by atoms with van der Waals surface area (Å²) in [6.07, 6.45) is 3.70. The summed E-state index contributed by atoms with van der Waals surface area (Å²) in [6, 6.07) is 9.85. The maximum absolute atomic E-state index is 12.8. The van der Waals surface area contributed by atoms with Gasteiger partial charge in [-0.25, -0.2) is 0 Å². The smallest absolute Gasteiger partial charge is 0.255 e. The first kappa shape index (κ1) is 17.9. The summed E-state index contributed by atoms with van der Waals surface area (Å²) >= 11 is 3.47. The van der Waals surface area contributed by atoms with Gasteiger partial charge in [-0.1, -0.05) is 6.07 Å². The first-order valence-corrected chi connectivity index (χ1v) is 9.16. The second-order valence-corrected chi connectivity index (χ2v) is 6.99. The fourth-order valence-electron chi connectivity index (χ4n) is 3.11. The molecule has 1 saturated heterocycles. The minimum Gasteiger partial charge on any atom is -0.497 e. The predicted molar refractivity (Wildman–Crippen MR) is 101 cm³/mol. The van der Waals surface area contributed by atoms with Crippen molar-refractivity contribution < 1.29 is 9.53 Å². The number of rotatable bonds is 4. The van der Waals surface area contributed by atoms with Crippen molar-refractivity contribution in [3.05, 3.63) is 58.3 Å². The fraction of sp³-hybridized carbons (Fsp3) is 0.368. The quantitative estimate of drug-likeness (QED) is 0.784. The highest BCUT2D eigenvalue weighted by Gasteiger charge is 2.26. The molecule has 0 unspecified atom stereocenters. The zero-order chi connectivity index (χ0) is 17.8. The van der Waals surface area contributed by atoms with Crippen LogP contribution < -0.4 is 4.74 Å². The van der Waals surface area contributed by atoms with Crippen LogP contribution >= 0.6 is 15.9 Å². The van der Waals surface area contributed by atoms with Crippen LogP contribution in [0.1, 0.15) is 28.9 Å². The van der Waals surface area contributed by atoms with Gasteiger partial charge in [-0.15, -0.1) is 0 Å². The highest BCUT2D eigenvalue weighted by molar-refractivity contribution is 9.10. The molecular formula is C19H22BrN3O2. The van der Waals surface area contributed by atoms with E-state index in [1.807, 2.05) is 29.3 Å². The summed E-state index contributed by atoms with van der Waals surface area (Å²) in [7, 11) is 1.61. The van der Waals surface area contributed by atoms with Crippen LogP contribution in [0.5, 0.6) is 5.75 Å². The number of piperazine rings is 1. The van der Waals surface area contributed by atoms with Gasteiger partial charge in [-0.3, -0.25) is 14.7 Å². The standard InChI is InChI=1S/C19H22BrN3O2/c1-14(15-4-3-7-21-13-15)22-8-10-23(11-9-22)19(24)17-12-16(25-2)5-6-18(17)20/h3-7,12-14H,8-11H2,1-2H3/t14-/m1/s1. The van der Waals surface area contributed by atoms with E-state index in [0.717, 1.165) is 17.6 Å². The molecule has 25 heavy (non-hydrogen) atoms. The Morgan fingerprint density at radius 1 is 1.24 bits per heavy atom. The van der Waals surface area contributed by atoms with Gasteiger partial charge in [-0.2, -0.15) is 0 Å². The van der Waals surface area contributed by atoms with Crippen molar-refractivity contribution in [1.82, 2.24) is 14.8 Å². The van der Waals surface area contributed by atoms with Crippen molar-refractivity contribution in [3.8, 4) is 5.75 Å². The fourth-order valence-corrected chi connectivity index (χ4v) is 3.53. The van der Waals surface area contributed by atoms with E-state index < -0.39 is 0 Å². The Morgan fingerprint density at radius 3 is 2.64 bits per heavy atom. The molecule has 1 aromatic heterocycles. The molecule has 6 heteroatoms. The second-order valence-electron chi connectivity index (χ2n) is 6.14. The maximum atomic E-state index is 12.8. The van der Waals surface area contributed by atoms with E-state index in [-0.39, 0.29) is 5.91 Å². The number of hydrogen-bond donors (Lipinski definition) is 0. The number of amides is 1. The van der Waals surface area contributed by atoms with Crippen molar-refractivity contribution in [2.45, 2.75) is 13.0 Å². The Balaban J connectivity index is 1.65. The molecule has 0 aliphatic carbocycles. The molecular weight excluding hydrogens is 382 g/mol. The lowest BCUT2D eigenvalue weighted by molar-refractivity contribution is 0.0580. The Bertz CT molecular complexity index is 731. The SMILES string of the molecule is COc1ccc(Br)c(C(=O)N2CCN([C@H](C)c3cccnc3)CC2)c1. The van der Waals surface area contributed by atoms with Crippen molar-refractivity contribution >= 4 is 21.8 Å². The number of aromatic nitrogens is 1. The van der Waals surface area contributed by atoms with E-state index in [0.29, 0.717) is 30.4 Å². The zero-order valence-electron chi connectivity index (χ0n) is 14.5. The molecule has 2 heterocycles. The van der Waals surface area contributed by atoms with E-state index in [9.17, 15) is 4.79 Å². The summed E-state index contributed by atoms with van der Waals surface area (Å²) in [5.41, 5.74) is 1.85. The minimum absolute atomic E-state index is 0.0412. The third kappa shape index (κ3) is 4.02. The van der Waals surface area contributed by atoms with Gasteiger partial charge in [0.25, 0.3) is 5.91 Å². The molecule has 1 aliphatic heterocycles. The molecule has 3 rings (SSSR count). The highest BCUT2D eigenvalue weighted by atomic mass is 79.9. The van der Waals surface area contributed by atoms with Crippen LogP contribution in [0.15, 0.2) is 47.2 Å². The molecule has 0 N–H and O–H groups in total. The van der Waals surface area contributed by atoms with Gasteiger partial charge >= 0.3 is 0 Å². The summed E-state index contributed by atoms with van der Waals surface area (Å²) in [4.78, 5) is 21.3. The third-order valence-corrected chi connectivity index (χ3v) is 5.41. The molecule has 1 fully saturated rings. The molecule has 1 aliphatic rings. The number of ether oxygens (including phenoxy) is 1. The zero-order valence-corrected chi connectivity index (χ0v) is 16.1. The predicted octanol–water partition coefficient (Wildman–Crippen LogP) is 3.37. The molecule has 0 spiro atoms. The average Bonchev–Trinajstić information content (AvgIpc) is 2.68. The van der Waals surface area contributed by atoms with Crippen LogP contribution in [0.25, 0.3) is 0 Å². The number of hydrogen-bond acceptors (Lipinski definition) is 4. The largest absolute Gasteiger partial charge is 0.497 e. The summed E-state index contributed by atoms with van der Waals surface area (Å²) in [5, 5.41) is 0. The lowest BCUT2D eigenvalue weighted by atomic mass is 10.1. The molecule has 1 atom stereocenters. The molecule has 0 radical (unpaired) electrons. The molecule has 1 amide bonds. The van der Waals surface area contributed by atoms with E-state index in [1.165, 1.54) is 5.56 Å². The first-order chi connectivity index (χ1) is 12.1. The number of carbonyl (C=O) groups excluding carboxylic acids is 1. The summed E-state index contributed by atoms with van der Waals surface area (Å²) in [6.45, 7) is 5.32. The van der Waals surface area contributed by atoms with Crippen molar-refractivity contribution in [3.63, 3.8) is 0 Å². The Kier molecular flexibility index (Phi) is 5.71. The lowest BCUT2D eigenvalue weighted by Gasteiger charge is -2.38. The van der Waals surface area contributed by atoms with Gasteiger partial charge in [0.05, 0.1) is 12.7 Å². The van der Waals surface area contributed by atoms with Crippen molar-refractivity contribution in [1.29, 1.82) is 0 Å². The van der Waals surface area contributed by atoms with Crippen LogP contribution in [-0.4, -0.2) is 54.0 Å². The molecule has 0 saturated carbocycles. The van der Waals surface area contributed by atoms with Crippen LogP contribution in [-0.2, 0) is 0 Å². The third-order valence-electron chi connectivity index (χ3n) is 4.72. The first-order valence-electron chi connectivity index (χ1n) is 8.37. The molecule has 2 aromatic rings. The van der Waals surface area contributed by atoms with Gasteiger partial charge in [0, 0.05) is 49.1 Å². The maximum Gasteiger partial charge on any atom is 0.255 e. The number of halogens is 1. The van der Waals surface area contributed by atoms with Crippen LogP contribution in [0, 0.1) is 0 Å². The Hall–Kier alpha value is -1.92.